The Morgan fingerprint density at radius 2 is 1.71 bits per heavy atom. The molecule has 1 spiro atoms. The number of carbonyl (C=O) groups is 5. The van der Waals surface area contributed by atoms with Gasteiger partial charge in [-0.3, -0.25) is 19.3 Å². The molecule has 3 fully saturated rings. The van der Waals surface area contributed by atoms with Gasteiger partial charge in [-0.05, 0) is 63.1 Å². The molecule has 4 heterocycles. The molecule has 338 valence electrons. The minimum Gasteiger partial charge on any atom is -0.446 e. The van der Waals surface area contributed by atoms with Crippen LogP contribution >= 0.6 is 0 Å². The number of rotatable bonds is 4. The fourth-order valence-corrected chi connectivity index (χ4v) is 9.73. The third-order valence-corrected chi connectivity index (χ3v) is 13.3. The lowest BCUT2D eigenvalue weighted by atomic mass is 10.0. The molecular formula is C39H49F4N9O9S. The third-order valence-electron chi connectivity index (χ3n) is 12.0. The molecule has 1 aromatic heterocycles. The summed E-state index contributed by atoms with van der Waals surface area (Å²) < 4.78 is 96.1. The van der Waals surface area contributed by atoms with E-state index < -0.39 is 92.3 Å². The number of alkyl halides is 3. The first-order chi connectivity index (χ1) is 29.5. The van der Waals surface area contributed by atoms with Crippen LogP contribution in [0.3, 0.4) is 0 Å². The van der Waals surface area contributed by atoms with Crippen LogP contribution in [0, 0.1) is 11.7 Å². The number of anilines is 1. The first kappa shape index (κ1) is 44.6. The van der Waals surface area contributed by atoms with Crippen molar-refractivity contribution in [3.63, 3.8) is 0 Å². The van der Waals surface area contributed by atoms with E-state index in [2.05, 4.69) is 32.6 Å². The summed E-state index contributed by atoms with van der Waals surface area (Å²) in [5.74, 6) is -5.86. The van der Waals surface area contributed by atoms with Gasteiger partial charge in [0, 0.05) is 25.4 Å². The molecule has 2 aromatic rings. The van der Waals surface area contributed by atoms with Crippen molar-refractivity contribution >= 4 is 45.6 Å². The highest BCUT2D eigenvalue weighted by molar-refractivity contribution is 7.90. The van der Waals surface area contributed by atoms with Crippen molar-refractivity contribution in [1.82, 2.24) is 39.9 Å². The van der Waals surface area contributed by atoms with E-state index in [1.165, 1.54) is 12.1 Å². The van der Waals surface area contributed by atoms with Gasteiger partial charge < -0.3 is 30.3 Å². The summed E-state index contributed by atoms with van der Waals surface area (Å²) in [6.45, 7) is 3.11. The van der Waals surface area contributed by atoms with Crippen molar-refractivity contribution in [2.75, 3.05) is 25.0 Å². The molecule has 0 radical (unpaired) electrons. The second-order valence-electron chi connectivity index (χ2n) is 16.3. The van der Waals surface area contributed by atoms with E-state index in [4.69, 9.17) is 9.47 Å². The molecule has 62 heavy (non-hydrogen) atoms. The van der Waals surface area contributed by atoms with E-state index in [0.717, 1.165) is 39.5 Å². The van der Waals surface area contributed by atoms with Gasteiger partial charge in [-0.2, -0.15) is 13.2 Å². The van der Waals surface area contributed by atoms with E-state index in [-0.39, 0.29) is 63.1 Å². The summed E-state index contributed by atoms with van der Waals surface area (Å²) in [6, 6.07) is 0.503. The Morgan fingerprint density at radius 1 is 0.984 bits per heavy atom. The average Bonchev–Trinajstić information content (AvgIpc) is 3.61. The SMILES string of the molecule is C=C[C@@H]1C[C@@]12NC(=O)[C@@H]1C[C@@H](OC(=O)N3CCn4nc(C(F)(F)F)nc4C3)CN1C(=O)[C@@H](NC(=O)OC1CCCC1)CCCCCCCNc1ccc(F)cc1S(=O)(=O)NC2=O. The van der Waals surface area contributed by atoms with Crippen molar-refractivity contribution < 1.29 is 59.4 Å². The second-order valence-corrected chi connectivity index (χ2v) is 18.0. The molecule has 3 aliphatic heterocycles. The zero-order chi connectivity index (χ0) is 44.4. The van der Waals surface area contributed by atoms with E-state index >= 15 is 0 Å². The van der Waals surface area contributed by atoms with Crippen molar-refractivity contribution in [2.45, 2.75) is 131 Å². The zero-order valence-corrected chi connectivity index (χ0v) is 34.6. The normalized spacial score (nSPS) is 27.5. The van der Waals surface area contributed by atoms with Crippen molar-refractivity contribution in [1.29, 1.82) is 0 Å². The van der Waals surface area contributed by atoms with Crippen LogP contribution in [0.15, 0.2) is 35.7 Å². The highest BCUT2D eigenvalue weighted by atomic mass is 32.2. The Balaban J connectivity index is 1.15. The van der Waals surface area contributed by atoms with Crippen LogP contribution in [0.2, 0.25) is 0 Å². The number of ether oxygens (including phenoxy) is 2. The number of fused-ring (bicyclic) bond motifs is 3. The largest absolute Gasteiger partial charge is 0.453 e. The first-order valence-corrected chi connectivity index (χ1v) is 22.2. The smallest absolute Gasteiger partial charge is 0.446 e. The van der Waals surface area contributed by atoms with E-state index in [1.807, 2.05) is 4.72 Å². The van der Waals surface area contributed by atoms with E-state index in [1.54, 1.807) is 0 Å². The molecule has 2 saturated carbocycles. The number of alkyl carbamates (subject to hydrolysis) is 1. The van der Waals surface area contributed by atoms with Crippen molar-refractivity contribution in [3.8, 4) is 0 Å². The number of sulfonamides is 1. The second kappa shape index (κ2) is 18.1. The number of halogens is 4. The fraction of sp³-hybridized carbons (Fsp3) is 0.615. The highest BCUT2D eigenvalue weighted by Crippen LogP contribution is 2.45. The third kappa shape index (κ3) is 9.91. The maximum atomic E-state index is 14.6. The van der Waals surface area contributed by atoms with Gasteiger partial charge in [0.1, 0.15) is 46.4 Å². The lowest BCUT2D eigenvalue weighted by Gasteiger charge is -2.30. The van der Waals surface area contributed by atoms with Gasteiger partial charge in [-0.15, -0.1) is 11.7 Å². The van der Waals surface area contributed by atoms with Gasteiger partial charge in [-0.25, -0.2) is 36.8 Å². The quantitative estimate of drug-likeness (QED) is 0.255. The Kier molecular flexibility index (Phi) is 13.0. The number of hydrogen-bond donors (Lipinski definition) is 4. The van der Waals surface area contributed by atoms with Gasteiger partial charge in [0.05, 0.1) is 25.3 Å². The number of carbonyl (C=O) groups excluding carboxylic acids is 5. The summed E-state index contributed by atoms with van der Waals surface area (Å²) >= 11 is 0. The van der Waals surface area contributed by atoms with Crippen molar-refractivity contribution in [2.24, 2.45) is 5.92 Å². The van der Waals surface area contributed by atoms with Gasteiger partial charge in [0.2, 0.25) is 11.8 Å². The highest BCUT2D eigenvalue weighted by Gasteiger charge is 2.61. The van der Waals surface area contributed by atoms with Crippen LogP contribution in [-0.2, 0) is 53.1 Å². The number of benzene rings is 1. The monoisotopic (exact) mass is 895 g/mol. The predicted molar refractivity (Wildman–Crippen MR) is 209 cm³/mol. The van der Waals surface area contributed by atoms with Crippen LogP contribution in [0.25, 0.3) is 0 Å². The molecule has 1 saturated heterocycles. The molecule has 0 unspecified atom stereocenters. The Hall–Kier alpha value is -5.48. The standard InChI is InChI=1S/C39H49F4N9O9S/c1-2-23-20-38(23)35(55)49-62(58,59)30-18-24(40)13-14-27(30)44-15-9-5-3-4-6-12-28(45-36(56)60-25-10-7-8-11-25)33(54)51-21-26(19-29(51)32(53)47-38)61-37(57)50-16-17-52-31(22-50)46-34(48-52)39(41,42)43/h2,13-14,18,23,25-26,28-29,44H,1,3-12,15-17,19-22H2,(H,45,56)(H,47,53)(H,49,55)/t23-,26-,28+,29+,38-/m1/s1. The summed E-state index contributed by atoms with van der Waals surface area (Å²) in [6.07, 6.45) is -0.728. The molecule has 18 nitrogen and oxygen atoms in total. The van der Waals surface area contributed by atoms with Crippen LogP contribution in [0.4, 0.5) is 32.8 Å². The Morgan fingerprint density at radius 3 is 2.44 bits per heavy atom. The minimum absolute atomic E-state index is 0.0619. The summed E-state index contributed by atoms with van der Waals surface area (Å²) in [5, 5.41) is 11.8. The van der Waals surface area contributed by atoms with Gasteiger partial charge >= 0.3 is 18.4 Å². The number of nitrogens with zero attached hydrogens (tertiary/aromatic N) is 5. The summed E-state index contributed by atoms with van der Waals surface area (Å²) in [7, 11) is -4.73. The van der Waals surface area contributed by atoms with Gasteiger partial charge in [0.15, 0.2) is 0 Å². The average molecular weight is 896 g/mol. The number of nitrogens with one attached hydrogen (secondary N) is 4. The molecule has 2 aliphatic carbocycles. The fourth-order valence-electron chi connectivity index (χ4n) is 8.49. The molecule has 23 heteroatoms. The topological polar surface area (TPSA) is 223 Å². The van der Waals surface area contributed by atoms with Crippen molar-refractivity contribution in [3.05, 3.63) is 48.3 Å². The molecule has 7 rings (SSSR count). The Labute approximate surface area is 354 Å². The van der Waals surface area contributed by atoms with Gasteiger partial charge in [-0.1, -0.05) is 31.8 Å². The first-order valence-electron chi connectivity index (χ1n) is 20.8. The number of hydrogen-bond acceptors (Lipinski definition) is 12. The maximum absolute atomic E-state index is 14.6. The van der Waals surface area contributed by atoms with Crippen LogP contribution in [0.1, 0.15) is 88.7 Å². The molecule has 5 amide bonds. The molecular weight excluding hydrogens is 847 g/mol. The molecule has 0 bridgehead atoms. The van der Waals surface area contributed by atoms with E-state index in [9.17, 15) is 50.0 Å². The molecule has 5 atom stereocenters. The summed E-state index contributed by atoms with van der Waals surface area (Å²) in [5.41, 5.74) is -1.80. The lowest BCUT2D eigenvalue weighted by molar-refractivity contribution is -0.145. The van der Waals surface area contributed by atoms with E-state index in [0.29, 0.717) is 51.5 Å². The minimum atomic E-state index is -4.80. The Bertz CT molecular complexity index is 2180. The van der Waals surface area contributed by atoms with Gasteiger partial charge in [0.25, 0.3) is 21.8 Å². The lowest BCUT2D eigenvalue weighted by Crippen LogP contribution is -2.58. The number of aromatic nitrogens is 3. The maximum Gasteiger partial charge on any atom is 0.453 e. The molecule has 5 aliphatic rings. The van der Waals surface area contributed by atoms with Crippen LogP contribution < -0.4 is 20.7 Å². The van der Waals surface area contributed by atoms with Crippen LogP contribution in [-0.4, -0.2) is 112 Å². The number of amides is 5. The zero-order valence-electron chi connectivity index (χ0n) is 33.8. The molecule has 1 aromatic carbocycles. The van der Waals surface area contributed by atoms with Crippen LogP contribution in [0.5, 0.6) is 0 Å². The summed E-state index contributed by atoms with van der Waals surface area (Å²) in [4.78, 5) is 74.8. The predicted octanol–water partition coefficient (Wildman–Crippen LogP) is 3.73. The molecule has 4 N–H and O–H groups in total.